The Balaban J connectivity index is 2.17. The van der Waals surface area contributed by atoms with Crippen molar-refractivity contribution in [2.75, 3.05) is 6.54 Å². The number of nitrogens with two attached hydrogens (primary N) is 1. The SMILES string of the molecule is CC1CCC(CN)(C(O)c2ccc(C(F)F)cc2)CC1. The normalized spacial score (nSPS) is 28.6. The molecule has 0 aliphatic heterocycles. The van der Waals surface area contributed by atoms with Crippen molar-refractivity contribution >= 4 is 0 Å². The van der Waals surface area contributed by atoms with Crippen LogP contribution < -0.4 is 5.73 Å². The number of halogens is 2. The zero-order valence-corrected chi connectivity index (χ0v) is 11.9. The van der Waals surface area contributed by atoms with Gasteiger partial charge in [0.25, 0.3) is 6.43 Å². The second-order valence-corrected chi connectivity index (χ2v) is 6.12. The van der Waals surface area contributed by atoms with Gasteiger partial charge in [-0.2, -0.15) is 0 Å². The molecule has 0 amide bonds. The monoisotopic (exact) mass is 283 g/mol. The molecule has 1 aromatic carbocycles. The highest BCUT2D eigenvalue weighted by Crippen LogP contribution is 2.46. The molecule has 112 valence electrons. The van der Waals surface area contributed by atoms with Gasteiger partial charge in [0.1, 0.15) is 0 Å². The lowest BCUT2D eigenvalue weighted by molar-refractivity contribution is -0.00823. The first kappa shape index (κ1) is 15.4. The van der Waals surface area contributed by atoms with Gasteiger partial charge in [-0.25, -0.2) is 8.78 Å². The van der Waals surface area contributed by atoms with E-state index in [9.17, 15) is 13.9 Å². The fourth-order valence-electron chi connectivity index (χ4n) is 3.10. The number of hydrogen-bond donors (Lipinski definition) is 2. The molecule has 0 radical (unpaired) electrons. The molecule has 4 heteroatoms. The topological polar surface area (TPSA) is 46.2 Å². The van der Waals surface area contributed by atoms with Crippen LogP contribution in [0.1, 0.15) is 56.3 Å². The highest BCUT2D eigenvalue weighted by Gasteiger charge is 2.40. The third-order valence-electron chi connectivity index (χ3n) is 4.76. The lowest BCUT2D eigenvalue weighted by atomic mass is 9.66. The van der Waals surface area contributed by atoms with Gasteiger partial charge in [0.15, 0.2) is 0 Å². The predicted molar refractivity (Wildman–Crippen MR) is 75.5 cm³/mol. The third kappa shape index (κ3) is 3.01. The Morgan fingerprint density at radius 3 is 2.15 bits per heavy atom. The molecule has 2 nitrogen and oxygen atoms in total. The molecule has 1 aliphatic carbocycles. The first-order valence-corrected chi connectivity index (χ1v) is 7.24. The van der Waals surface area contributed by atoms with Crippen LogP contribution in [0.25, 0.3) is 0 Å². The Kier molecular flexibility index (Phi) is 4.76. The lowest BCUT2D eigenvalue weighted by Gasteiger charge is -2.42. The molecule has 1 atom stereocenters. The Morgan fingerprint density at radius 1 is 1.20 bits per heavy atom. The van der Waals surface area contributed by atoms with Crippen molar-refractivity contribution in [2.24, 2.45) is 17.1 Å². The fourth-order valence-corrected chi connectivity index (χ4v) is 3.10. The summed E-state index contributed by atoms with van der Waals surface area (Å²) in [5.41, 5.74) is 6.29. The van der Waals surface area contributed by atoms with Crippen molar-refractivity contribution in [1.29, 1.82) is 0 Å². The van der Waals surface area contributed by atoms with E-state index in [1.807, 2.05) is 0 Å². The number of aliphatic hydroxyl groups is 1. The fraction of sp³-hybridized carbons (Fsp3) is 0.625. The molecule has 1 aliphatic rings. The first-order chi connectivity index (χ1) is 9.48. The summed E-state index contributed by atoms with van der Waals surface area (Å²) in [5, 5.41) is 10.6. The van der Waals surface area contributed by atoms with E-state index >= 15 is 0 Å². The highest BCUT2D eigenvalue weighted by molar-refractivity contribution is 5.26. The van der Waals surface area contributed by atoms with E-state index in [0.29, 0.717) is 18.0 Å². The minimum Gasteiger partial charge on any atom is -0.388 e. The van der Waals surface area contributed by atoms with E-state index in [2.05, 4.69) is 6.92 Å². The van der Waals surface area contributed by atoms with Crippen LogP contribution in [0.4, 0.5) is 8.78 Å². The molecule has 0 aromatic heterocycles. The number of aliphatic hydroxyl groups excluding tert-OH is 1. The summed E-state index contributed by atoms with van der Waals surface area (Å²) in [6.45, 7) is 2.64. The van der Waals surface area contributed by atoms with Gasteiger partial charge in [-0.05, 0) is 24.3 Å². The minimum atomic E-state index is -2.47. The van der Waals surface area contributed by atoms with E-state index in [-0.39, 0.29) is 11.0 Å². The summed E-state index contributed by atoms with van der Waals surface area (Å²) >= 11 is 0. The van der Waals surface area contributed by atoms with Gasteiger partial charge >= 0.3 is 0 Å². The average Bonchev–Trinajstić information content (AvgIpc) is 2.48. The van der Waals surface area contributed by atoms with Crippen molar-refractivity contribution in [3.63, 3.8) is 0 Å². The van der Waals surface area contributed by atoms with Gasteiger partial charge in [0.05, 0.1) is 6.10 Å². The molecule has 1 unspecified atom stereocenters. The van der Waals surface area contributed by atoms with E-state index in [1.54, 1.807) is 12.1 Å². The second-order valence-electron chi connectivity index (χ2n) is 6.12. The van der Waals surface area contributed by atoms with E-state index in [4.69, 9.17) is 5.73 Å². The summed E-state index contributed by atoms with van der Waals surface area (Å²) in [4.78, 5) is 0. The molecule has 3 N–H and O–H groups in total. The van der Waals surface area contributed by atoms with Crippen LogP contribution in [0.3, 0.4) is 0 Å². The maximum atomic E-state index is 12.6. The van der Waals surface area contributed by atoms with Crippen LogP contribution in [-0.4, -0.2) is 11.7 Å². The molecular weight excluding hydrogens is 260 g/mol. The van der Waals surface area contributed by atoms with Crippen molar-refractivity contribution in [3.05, 3.63) is 35.4 Å². The lowest BCUT2D eigenvalue weighted by Crippen LogP contribution is -2.39. The van der Waals surface area contributed by atoms with Crippen LogP contribution in [0, 0.1) is 11.3 Å². The van der Waals surface area contributed by atoms with Crippen LogP contribution in [0.5, 0.6) is 0 Å². The van der Waals surface area contributed by atoms with E-state index < -0.39 is 12.5 Å². The molecule has 0 saturated heterocycles. The van der Waals surface area contributed by atoms with Crippen LogP contribution >= 0.6 is 0 Å². The van der Waals surface area contributed by atoms with Crippen LogP contribution in [0.2, 0.25) is 0 Å². The zero-order valence-electron chi connectivity index (χ0n) is 11.9. The van der Waals surface area contributed by atoms with Gasteiger partial charge in [-0.3, -0.25) is 0 Å². The van der Waals surface area contributed by atoms with Gasteiger partial charge in [-0.1, -0.05) is 44.0 Å². The van der Waals surface area contributed by atoms with Gasteiger partial charge in [0, 0.05) is 17.5 Å². The number of rotatable bonds is 4. The van der Waals surface area contributed by atoms with Gasteiger partial charge in [0.2, 0.25) is 0 Å². The molecule has 0 heterocycles. The molecule has 0 spiro atoms. The second kappa shape index (κ2) is 6.19. The van der Waals surface area contributed by atoms with Crippen molar-refractivity contribution in [1.82, 2.24) is 0 Å². The number of hydrogen-bond acceptors (Lipinski definition) is 2. The molecule has 0 bridgehead atoms. The largest absolute Gasteiger partial charge is 0.388 e. The van der Waals surface area contributed by atoms with E-state index in [0.717, 1.165) is 25.7 Å². The van der Waals surface area contributed by atoms with E-state index in [1.165, 1.54) is 12.1 Å². The van der Waals surface area contributed by atoms with Crippen molar-refractivity contribution < 1.29 is 13.9 Å². The Labute approximate surface area is 119 Å². The standard InChI is InChI=1S/C16H23F2NO/c1-11-6-8-16(10-19,9-7-11)14(20)12-2-4-13(5-3-12)15(17)18/h2-5,11,14-15,20H,6-10,19H2,1H3. The Bertz CT molecular complexity index is 425. The molecule has 2 rings (SSSR count). The first-order valence-electron chi connectivity index (χ1n) is 7.24. The van der Waals surface area contributed by atoms with Crippen molar-refractivity contribution in [3.8, 4) is 0 Å². The van der Waals surface area contributed by atoms with Gasteiger partial charge < -0.3 is 10.8 Å². The summed E-state index contributed by atoms with van der Waals surface area (Å²) in [7, 11) is 0. The zero-order chi connectivity index (χ0) is 14.8. The molecule has 1 saturated carbocycles. The number of alkyl halides is 2. The highest BCUT2D eigenvalue weighted by atomic mass is 19.3. The molecule has 20 heavy (non-hydrogen) atoms. The predicted octanol–water partition coefficient (Wildman–Crippen LogP) is 3.81. The third-order valence-corrected chi connectivity index (χ3v) is 4.76. The Hall–Kier alpha value is -1.00. The number of benzene rings is 1. The summed E-state index contributed by atoms with van der Waals surface area (Å²) in [5.74, 6) is 0.670. The summed E-state index contributed by atoms with van der Waals surface area (Å²) in [6.07, 6.45) is 0.754. The summed E-state index contributed by atoms with van der Waals surface area (Å²) in [6, 6.07) is 5.97. The van der Waals surface area contributed by atoms with Crippen LogP contribution in [0.15, 0.2) is 24.3 Å². The molecule has 1 aromatic rings. The van der Waals surface area contributed by atoms with Gasteiger partial charge in [-0.15, -0.1) is 0 Å². The quantitative estimate of drug-likeness (QED) is 0.882. The van der Waals surface area contributed by atoms with Crippen LogP contribution in [-0.2, 0) is 0 Å². The minimum absolute atomic E-state index is 0.0139. The smallest absolute Gasteiger partial charge is 0.263 e. The maximum absolute atomic E-state index is 12.6. The van der Waals surface area contributed by atoms with Crippen molar-refractivity contribution in [2.45, 2.75) is 45.1 Å². The molecule has 1 fully saturated rings. The Morgan fingerprint density at radius 2 is 1.70 bits per heavy atom. The average molecular weight is 283 g/mol. The summed E-state index contributed by atoms with van der Waals surface area (Å²) < 4.78 is 25.1. The maximum Gasteiger partial charge on any atom is 0.263 e. The molecular formula is C16H23F2NO.